The number of phenolic OH excluding ortho intramolecular Hbond substituents is 2. The molecule has 0 bridgehead atoms. The highest BCUT2D eigenvalue weighted by atomic mass is 35.5. The van der Waals surface area contributed by atoms with Crippen molar-refractivity contribution in [2.75, 3.05) is 5.32 Å². The molecule has 8 heteroatoms. The van der Waals surface area contributed by atoms with Crippen molar-refractivity contribution >= 4 is 23.2 Å². The van der Waals surface area contributed by atoms with E-state index in [2.05, 4.69) is 5.32 Å². The van der Waals surface area contributed by atoms with Gasteiger partial charge in [0, 0.05) is 5.56 Å². The third-order valence-electron chi connectivity index (χ3n) is 5.02. The maximum absolute atomic E-state index is 13.7. The van der Waals surface area contributed by atoms with E-state index < -0.39 is 33.8 Å². The molecule has 0 saturated heterocycles. The standard InChI is InChI=1S/C21H13ClF3NO3/c22-16-10-9-15-18(17(16)21(23,24)25)26-19(29)20(15,11-1-5-13(27)6-2-11)12-3-7-14(28)8-4-12/h1-10,27-28H,(H,26,29). The zero-order valence-electron chi connectivity index (χ0n) is 14.6. The van der Waals surface area contributed by atoms with E-state index in [1.807, 2.05) is 0 Å². The van der Waals surface area contributed by atoms with Crippen molar-refractivity contribution in [1.82, 2.24) is 0 Å². The number of hydrogen-bond acceptors (Lipinski definition) is 3. The van der Waals surface area contributed by atoms with Gasteiger partial charge in [-0.3, -0.25) is 4.79 Å². The summed E-state index contributed by atoms with van der Waals surface area (Å²) < 4.78 is 41.1. The highest BCUT2D eigenvalue weighted by Gasteiger charge is 2.53. The van der Waals surface area contributed by atoms with Crippen LogP contribution >= 0.6 is 11.6 Å². The lowest BCUT2D eigenvalue weighted by atomic mass is 9.70. The molecular weight excluding hydrogens is 407 g/mol. The molecule has 0 aromatic heterocycles. The molecule has 4 rings (SSSR count). The number of carbonyl (C=O) groups excluding carboxylic acids is 1. The summed E-state index contributed by atoms with van der Waals surface area (Å²) in [6.07, 6.45) is -4.78. The summed E-state index contributed by atoms with van der Waals surface area (Å²) in [6, 6.07) is 13.8. The summed E-state index contributed by atoms with van der Waals surface area (Å²) in [6.45, 7) is 0. The molecular formula is C21H13ClF3NO3. The van der Waals surface area contributed by atoms with Gasteiger partial charge in [0.2, 0.25) is 5.91 Å². The molecule has 0 unspecified atom stereocenters. The average Bonchev–Trinajstić information content (AvgIpc) is 2.94. The van der Waals surface area contributed by atoms with Crippen molar-refractivity contribution in [3.63, 3.8) is 0 Å². The van der Waals surface area contributed by atoms with E-state index in [-0.39, 0.29) is 17.1 Å². The predicted molar refractivity (Wildman–Crippen MR) is 101 cm³/mol. The Morgan fingerprint density at radius 3 is 1.76 bits per heavy atom. The Balaban J connectivity index is 2.10. The summed E-state index contributed by atoms with van der Waals surface area (Å²) in [4.78, 5) is 13.3. The highest BCUT2D eigenvalue weighted by Crippen LogP contribution is 2.53. The van der Waals surface area contributed by atoms with Gasteiger partial charge in [0.25, 0.3) is 0 Å². The van der Waals surface area contributed by atoms with Gasteiger partial charge in [-0.2, -0.15) is 13.2 Å². The molecule has 148 valence electrons. The molecule has 0 saturated carbocycles. The first-order valence-electron chi connectivity index (χ1n) is 8.46. The second-order valence-corrected chi connectivity index (χ2v) is 7.05. The third kappa shape index (κ3) is 2.81. The second kappa shape index (κ2) is 6.42. The van der Waals surface area contributed by atoms with Gasteiger partial charge in [0.15, 0.2) is 0 Å². The molecule has 0 spiro atoms. The Bertz CT molecular complexity index is 1060. The molecule has 1 aliphatic rings. The molecule has 0 atom stereocenters. The van der Waals surface area contributed by atoms with E-state index in [0.29, 0.717) is 11.1 Å². The Morgan fingerprint density at radius 2 is 1.31 bits per heavy atom. The first kappa shape index (κ1) is 19.1. The number of anilines is 1. The van der Waals surface area contributed by atoms with Crippen molar-refractivity contribution in [2.24, 2.45) is 0 Å². The fourth-order valence-corrected chi connectivity index (χ4v) is 4.05. The fourth-order valence-electron chi connectivity index (χ4n) is 3.79. The highest BCUT2D eigenvalue weighted by molar-refractivity contribution is 6.32. The van der Waals surface area contributed by atoms with Crippen LogP contribution in [0.25, 0.3) is 0 Å². The summed E-state index contributed by atoms with van der Waals surface area (Å²) in [5.41, 5.74) is -2.36. The van der Waals surface area contributed by atoms with Crippen LogP contribution in [0.2, 0.25) is 5.02 Å². The van der Waals surface area contributed by atoms with Crippen molar-refractivity contribution in [1.29, 1.82) is 0 Å². The van der Waals surface area contributed by atoms with Gasteiger partial charge in [-0.1, -0.05) is 41.9 Å². The first-order chi connectivity index (χ1) is 13.7. The number of rotatable bonds is 2. The molecule has 1 heterocycles. The van der Waals surface area contributed by atoms with Crippen molar-refractivity contribution in [3.8, 4) is 11.5 Å². The predicted octanol–water partition coefficient (Wildman–Crippen LogP) is 5.06. The molecule has 1 amide bonds. The van der Waals surface area contributed by atoms with Crippen LogP contribution in [0.4, 0.5) is 18.9 Å². The minimum Gasteiger partial charge on any atom is -0.508 e. The molecule has 3 aromatic rings. The van der Waals surface area contributed by atoms with Gasteiger partial charge in [0.1, 0.15) is 16.9 Å². The molecule has 3 aromatic carbocycles. The lowest BCUT2D eigenvalue weighted by Gasteiger charge is -2.29. The normalized spacial score (nSPS) is 15.1. The zero-order chi connectivity index (χ0) is 21.0. The van der Waals surface area contributed by atoms with Crippen molar-refractivity contribution in [3.05, 3.63) is 87.9 Å². The van der Waals surface area contributed by atoms with Crippen LogP contribution in [0.15, 0.2) is 60.7 Å². The van der Waals surface area contributed by atoms with Crippen LogP contribution in [0.5, 0.6) is 11.5 Å². The largest absolute Gasteiger partial charge is 0.508 e. The summed E-state index contributed by atoms with van der Waals surface area (Å²) in [5.74, 6) is -0.808. The summed E-state index contributed by atoms with van der Waals surface area (Å²) >= 11 is 5.83. The zero-order valence-corrected chi connectivity index (χ0v) is 15.3. The number of amides is 1. The number of alkyl halides is 3. The van der Waals surface area contributed by atoms with Gasteiger partial charge in [0.05, 0.1) is 16.3 Å². The molecule has 3 N–H and O–H groups in total. The SMILES string of the molecule is O=C1Nc2c(ccc(Cl)c2C(F)(F)F)C1(c1ccc(O)cc1)c1ccc(O)cc1. The van der Waals surface area contributed by atoms with Crippen LogP contribution in [0.1, 0.15) is 22.3 Å². The monoisotopic (exact) mass is 419 g/mol. The Labute approximate surface area is 168 Å². The van der Waals surface area contributed by atoms with E-state index in [1.54, 1.807) is 0 Å². The van der Waals surface area contributed by atoms with Gasteiger partial charge in [-0.25, -0.2) is 0 Å². The maximum Gasteiger partial charge on any atom is 0.419 e. The topological polar surface area (TPSA) is 69.6 Å². The number of halogens is 4. The Kier molecular flexibility index (Phi) is 4.24. The minimum absolute atomic E-state index is 0.0553. The van der Waals surface area contributed by atoms with Crippen molar-refractivity contribution in [2.45, 2.75) is 11.6 Å². The van der Waals surface area contributed by atoms with Crippen molar-refractivity contribution < 1.29 is 28.2 Å². The van der Waals surface area contributed by atoms with E-state index in [9.17, 15) is 28.2 Å². The number of fused-ring (bicyclic) bond motifs is 1. The number of phenols is 2. The van der Waals surface area contributed by atoms with Crippen LogP contribution < -0.4 is 5.32 Å². The van der Waals surface area contributed by atoms with Gasteiger partial charge in [-0.15, -0.1) is 0 Å². The Morgan fingerprint density at radius 1 is 0.828 bits per heavy atom. The number of benzene rings is 3. The molecule has 0 aliphatic carbocycles. The van der Waals surface area contributed by atoms with Crippen LogP contribution in [-0.2, 0) is 16.4 Å². The van der Waals surface area contributed by atoms with E-state index in [1.165, 1.54) is 54.6 Å². The van der Waals surface area contributed by atoms with E-state index in [4.69, 9.17) is 11.6 Å². The number of carbonyl (C=O) groups is 1. The average molecular weight is 420 g/mol. The third-order valence-corrected chi connectivity index (χ3v) is 5.34. The quantitative estimate of drug-likeness (QED) is 0.544. The second-order valence-electron chi connectivity index (χ2n) is 6.64. The van der Waals surface area contributed by atoms with Gasteiger partial charge < -0.3 is 15.5 Å². The maximum atomic E-state index is 13.7. The van der Waals surface area contributed by atoms with E-state index >= 15 is 0 Å². The minimum atomic E-state index is -4.78. The molecule has 1 aliphatic heterocycles. The smallest absolute Gasteiger partial charge is 0.419 e. The number of aromatic hydroxyl groups is 2. The molecule has 29 heavy (non-hydrogen) atoms. The first-order valence-corrected chi connectivity index (χ1v) is 8.84. The molecule has 4 nitrogen and oxygen atoms in total. The Hall–Kier alpha value is -3.19. The van der Waals surface area contributed by atoms with Crippen LogP contribution in [0.3, 0.4) is 0 Å². The lowest BCUT2D eigenvalue weighted by molar-refractivity contribution is -0.136. The van der Waals surface area contributed by atoms with Gasteiger partial charge >= 0.3 is 6.18 Å². The summed E-state index contributed by atoms with van der Waals surface area (Å²) in [5, 5.41) is 21.1. The number of nitrogens with one attached hydrogen (secondary N) is 1. The number of hydrogen-bond donors (Lipinski definition) is 3. The lowest BCUT2D eigenvalue weighted by Crippen LogP contribution is -2.36. The van der Waals surface area contributed by atoms with Crippen LogP contribution in [-0.4, -0.2) is 16.1 Å². The fraction of sp³-hybridized carbons (Fsp3) is 0.0952. The summed E-state index contributed by atoms with van der Waals surface area (Å²) in [7, 11) is 0. The van der Waals surface area contributed by atoms with Gasteiger partial charge in [-0.05, 0) is 41.5 Å². The van der Waals surface area contributed by atoms with E-state index in [0.717, 1.165) is 6.07 Å². The van der Waals surface area contributed by atoms with Crippen LogP contribution in [0, 0.1) is 0 Å². The molecule has 0 radical (unpaired) electrons. The molecule has 0 fully saturated rings.